The lowest BCUT2D eigenvalue weighted by Crippen LogP contribution is -2.37. The summed E-state index contributed by atoms with van der Waals surface area (Å²) in [6, 6.07) is 6.79. The average molecular weight is 307 g/mol. The van der Waals surface area contributed by atoms with E-state index in [2.05, 4.69) is 30.1 Å². The van der Waals surface area contributed by atoms with Gasteiger partial charge in [0, 0.05) is 23.5 Å². The van der Waals surface area contributed by atoms with Gasteiger partial charge in [0.2, 0.25) is 0 Å². The predicted octanol–water partition coefficient (Wildman–Crippen LogP) is 3.92. The largest absolute Gasteiger partial charge is 0.330 e. The molecular formula is C18H27ClN2. The molecule has 0 radical (unpaired) electrons. The van der Waals surface area contributed by atoms with Crippen LogP contribution in [0.3, 0.4) is 0 Å². The van der Waals surface area contributed by atoms with Crippen LogP contribution in [-0.2, 0) is 5.41 Å². The number of benzene rings is 1. The molecule has 2 fully saturated rings. The highest BCUT2D eigenvalue weighted by Gasteiger charge is 2.33. The van der Waals surface area contributed by atoms with E-state index < -0.39 is 0 Å². The van der Waals surface area contributed by atoms with Crippen molar-refractivity contribution in [2.75, 3.05) is 26.7 Å². The van der Waals surface area contributed by atoms with E-state index in [0.717, 1.165) is 18.1 Å². The second-order valence-corrected chi connectivity index (χ2v) is 7.44. The van der Waals surface area contributed by atoms with Crippen molar-refractivity contribution in [1.82, 2.24) is 4.90 Å². The van der Waals surface area contributed by atoms with E-state index in [0.29, 0.717) is 5.92 Å². The van der Waals surface area contributed by atoms with Gasteiger partial charge in [0.1, 0.15) is 0 Å². The SMILES string of the molecule is CN1CCC(c2ccc(C3(CN)CCCCC3)cc2Cl)C1. The molecule has 2 N–H and O–H groups in total. The maximum Gasteiger partial charge on any atom is 0.0444 e. The lowest BCUT2D eigenvalue weighted by atomic mass is 9.69. The van der Waals surface area contributed by atoms with Crippen molar-refractivity contribution in [1.29, 1.82) is 0 Å². The maximum atomic E-state index is 6.64. The first-order valence-electron chi connectivity index (χ1n) is 8.33. The fraction of sp³-hybridized carbons (Fsp3) is 0.667. The van der Waals surface area contributed by atoms with E-state index in [4.69, 9.17) is 17.3 Å². The van der Waals surface area contributed by atoms with Gasteiger partial charge >= 0.3 is 0 Å². The maximum absolute atomic E-state index is 6.64. The van der Waals surface area contributed by atoms with Gasteiger partial charge in [-0.05, 0) is 56.0 Å². The Hall–Kier alpha value is -0.570. The number of hydrogen-bond acceptors (Lipinski definition) is 2. The molecule has 1 unspecified atom stereocenters. The molecule has 1 heterocycles. The van der Waals surface area contributed by atoms with Crippen molar-refractivity contribution in [3.05, 3.63) is 34.3 Å². The first-order valence-corrected chi connectivity index (χ1v) is 8.71. The van der Waals surface area contributed by atoms with Crippen molar-refractivity contribution in [3.63, 3.8) is 0 Å². The van der Waals surface area contributed by atoms with Gasteiger partial charge in [-0.2, -0.15) is 0 Å². The Balaban J connectivity index is 1.86. The normalized spacial score (nSPS) is 26.1. The van der Waals surface area contributed by atoms with Crippen molar-refractivity contribution >= 4 is 11.6 Å². The van der Waals surface area contributed by atoms with E-state index in [9.17, 15) is 0 Å². The molecule has 2 nitrogen and oxygen atoms in total. The van der Waals surface area contributed by atoms with Crippen LogP contribution in [0.5, 0.6) is 0 Å². The molecule has 3 heteroatoms. The van der Waals surface area contributed by atoms with Crippen LogP contribution in [0.25, 0.3) is 0 Å². The summed E-state index contributed by atoms with van der Waals surface area (Å²) in [5, 5.41) is 0.950. The van der Waals surface area contributed by atoms with Gasteiger partial charge in [-0.3, -0.25) is 0 Å². The fourth-order valence-electron chi connectivity index (χ4n) is 4.22. The number of hydrogen-bond donors (Lipinski definition) is 1. The van der Waals surface area contributed by atoms with Gasteiger partial charge in [0.05, 0.1) is 0 Å². The van der Waals surface area contributed by atoms with E-state index in [1.165, 1.54) is 56.2 Å². The van der Waals surface area contributed by atoms with Crippen LogP contribution in [-0.4, -0.2) is 31.6 Å². The second kappa shape index (κ2) is 6.28. The Bertz CT molecular complexity index is 494. The first-order chi connectivity index (χ1) is 10.1. The van der Waals surface area contributed by atoms with Crippen LogP contribution in [0.15, 0.2) is 18.2 Å². The van der Waals surface area contributed by atoms with Crippen LogP contribution in [0, 0.1) is 0 Å². The summed E-state index contributed by atoms with van der Waals surface area (Å²) in [5.74, 6) is 0.594. The van der Waals surface area contributed by atoms with Gasteiger partial charge < -0.3 is 10.6 Å². The summed E-state index contributed by atoms with van der Waals surface area (Å²) in [5.41, 5.74) is 9.01. The minimum Gasteiger partial charge on any atom is -0.330 e. The highest BCUT2D eigenvalue weighted by molar-refractivity contribution is 6.31. The molecule has 1 saturated carbocycles. The molecule has 1 aliphatic heterocycles. The minimum absolute atomic E-state index is 0.173. The number of likely N-dealkylation sites (N-methyl/N-ethyl adjacent to an activating group) is 1. The van der Waals surface area contributed by atoms with Crippen molar-refractivity contribution in [2.24, 2.45) is 5.73 Å². The molecule has 0 aromatic heterocycles. The number of halogens is 1. The molecule has 0 amide bonds. The minimum atomic E-state index is 0.173. The monoisotopic (exact) mass is 306 g/mol. The summed E-state index contributed by atoms with van der Waals surface area (Å²) >= 11 is 6.64. The first kappa shape index (κ1) is 15.3. The Kier molecular flexibility index (Phi) is 4.58. The summed E-state index contributed by atoms with van der Waals surface area (Å²) < 4.78 is 0. The van der Waals surface area contributed by atoms with Gasteiger partial charge in [-0.25, -0.2) is 0 Å². The highest BCUT2D eigenvalue weighted by atomic mass is 35.5. The zero-order valence-corrected chi connectivity index (χ0v) is 13.8. The van der Waals surface area contributed by atoms with E-state index in [-0.39, 0.29) is 5.41 Å². The van der Waals surface area contributed by atoms with Gasteiger partial charge in [-0.15, -0.1) is 0 Å². The molecule has 2 aliphatic rings. The van der Waals surface area contributed by atoms with Gasteiger partial charge in [0.15, 0.2) is 0 Å². The number of rotatable bonds is 3. The van der Waals surface area contributed by atoms with Gasteiger partial charge in [-0.1, -0.05) is 43.0 Å². The third-order valence-corrected chi connectivity index (χ3v) is 5.97. The molecule has 1 aliphatic carbocycles. The van der Waals surface area contributed by atoms with Crippen LogP contribution >= 0.6 is 11.6 Å². The molecular weight excluding hydrogens is 280 g/mol. The molecule has 3 rings (SSSR count). The number of nitrogens with two attached hydrogens (primary N) is 1. The van der Waals surface area contributed by atoms with E-state index in [1.807, 2.05) is 0 Å². The third-order valence-electron chi connectivity index (χ3n) is 5.65. The fourth-order valence-corrected chi connectivity index (χ4v) is 4.55. The zero-order valence-electron chi connectivity index (χ0n) is 13.1. The van der Waals surface area contributed by atoms with Gasteiger partial charge in [0.25, 0.3) is 0 Å². The summed E-state index contributed by atoms with van der Waals surface area (Å²) in [6.07, 6.45) is 7.59. The number of nitrogens with zero attached hydrogens (tertiary/aromatic N) is 1. The molecule has 1 atom stereocenters. The lowest BCUT2D eigenvalue weighted by molar-refractivity contribution is 0.301. The molecule has 116 valence electrons. The molecule has 1 aromatic carbocycles. The van der Waals surface area contributed by atoms with Crippen molar-refractivity contribution in [2.45, 2.75) is 49.9 Å². The van der Waals surface area contributed by atoms with Crippen molar-refractivity contribution < 1.29 is 0 Å². The smallest absolute Gasteiger partial charge is 0.0444 e. The molecule has 21 heavy (non-hydrogen) atoms. The van der Waals surface area contributed by atoms with Crippen LogP contribution in [0.1, 0.15) is 55.6 Å². The summed E-state index contributed by atoms with van der Waals surface area (Å²) in [7, 11) is 2.19. The molecule has 1 aromatic rings. The van der Waals surface area contributed by atoms with Crippen LogP contribution in [0.4, 0.5) is 0 Å². The average Bonchev–Trinajstić information content (AvgIpc) is 2.94. The van der Waals surface area contributed by atoms with Crippen LogP contribution < -0.4 is 5.73 Å². The second-order valence-electron chi connectivity index (χ2n) is 7.03. The van der Waals surface area contributed by atoms with E-state index >= 15 is 0 Å². The zero-order chi connectivity index (χ0) is 14.9. The predicted molar refractivity (Wildman–Crippen MR) is 90.1 cm³/mol. The highest BCUT2D eigenvalue weighted by Crippen LogP contribution is 2.41. The Morgan fingerprint density at radius 3 is 2.62 bits per heavy atom. The lowest BCUT2D eigenvalue weighted by Gasteiger charge is -2.37. The number of likely N-dealkylation sites (tertiary alicyclic amines) is 1. The molecule has 0 bridgehead atoms. The van der Waals surface area contributed by atoms with Crippen molar-refractivity contribution in [3.8, 4) is 0 Å². The Morgan fingerprint density at radius 2 is 2.05 bits per heavy atom. The quantitative estimate of drug-likeness (QED) is 0.917. The standard InChI is InChI=1S/C18H27ClN2/c1-21-10-7-14(12-21)16-6-5-15(11-17(16)19)18(13-20)8-3-2-4-9-18/h5-6,11,14H,2-4,7-10,12-13,20H2,1H3. The Labute approximate surface area is 133 Å². The molecule has 1 saturated heterocycles. The molecule has 0 spiro atoms. The van der Waals surface area contributed by atoms with Crippen LogP contribution in [0.2, 0.25) is 5.02 Å². The summed E-state index contributed by atoms with van der Waals surface area (Å²) in [4.78, 5) is 2.39. The van der Waals surface area contributed by atoms with E-state index in [1.54, 1.807) is 0 Å². The summed E-state index contributed by atoms with van der Waals surface area (Å²) in [6.45, 7) is 3.05. The Morgan fingerprint density at radius 1 is 1.29 bits per heavy atom. The third kappa shape index (κ3) is 2.99. The topological polar surface area (TPSA) is 29.3 Å².